The number of amides is 1. The second-order valence-corrected chi connectivity index (χ2v) is 11.0. The first-order valence-corrected chi connectivity index (χ1v) is 13.7. The van der Waals surface area contributed by atoms with Crippen molar-refractivity contribution < 1.29 is 27.1 Å². The molecule has 0 spiro atoms. The number of sulfonamides is 1. The van der Waals surface area contributed by atoms with E-state index in [2.05, 4.69) is 5.32 Å². The topological polar surface area (TPSA) is 92.8 Å². The maximum absolute atomic E-state index is 13.3. The second-order valence-electron chi connectivity index (χ2n) is 8.66. The Morgan fingerprint density at radius 2 is 1.57 bits per heavy atom. The first kappa shape index (κ1) is 26.8. The van der Waals surface area contributed by atoms with E-state index in [0.717, 1.165) is 25.7 Å². The van der Waals surface area contributed by atoms with Crippen molar-refractivity contribution in [1.82, 2.24) is 4.31 Å². The minimum atomic E-state index is -3.93. The summed E-state index contributed by atoms with van der Waals surface area (Å²) < 4.78 is 46.8. The van der Waals surface area contributed by atoms with Crippen LogP contribution in [-0.2, 0) is 19.6 Å². The molecule has 4 rings (SSSR count). The molecule has 0 radical (unpaired) electrons. The van der Waals surface area contributed by atoms with Crippen LogP contribution in [0.4, 0.5) is 10.1 Å². The highest BCUT2D eigenvalue weighted by Crippen LogP contribution is 2.29. The van der Waals surface area contributed by atoms with E-state index in [9.17, 15) is 22.4 Å². The zero-order valence-electron chi connectivity index (χ0n) is 19.9. The summed E-state index contributed by atoms with van der Waals surface area (Å²) in [7, 11) is -3.93. The smallest absolute Gasteiger partial charge is 0.339 e. The summed E-state index contributed by atoms with van der Waals surface area (Å²) in [4.78, 5) is 26.0. The van der Waals surface area contributed by atoms with Gasteiger partial charge < -0.3 is 10.1 Å². The Kier molecular flexibility index (Phi) is 8.58. The molecule has 3 aromatic rings. The fraction of sp³-hybridized carbons (Fsp3) is 0.259. The number of ether oxygens (including phenoxy) is 1. The molecule has 1 aliphatic rings. The molecular weight excluding hydrogens is 519 g/mol. The summed E-state index contributed by atoms with van der Waals surface area (Å²) in [6.45, 7) is 0.764. The van der Waals surface area contributed by atoms with E-state index in [1.807, 2.05) is 0 Å². The lowest BCUT2D eigenvalue weighted by Gasteiger charge is -2.21. The van der Waals surface area contributed by atoms with Crippen LogP contribution in [0.1, 0.15) is 47.7 Å². The van der Waals surface area contributed by atoms with Crippen molar-refractivity contribution in [3.8, 4) is 0 Å². The fourth-order valence-corrected chi connectivity index (χ4v) is 6.08. The second kappa shape index (κ2) is 11.9. The summed E-state index contributed by atoms with van der Waals surface area (Å²) in [6, 6.07) is 17.4. The summed E-state index contributed by atoms with van der Waals surface area (Å²) >= 11 is 6.25. The summed E-state index contributed by atoms with van der Waals surface area (Å²) in [5, 5.41) is 2.61. The number of carbonyl (C=O) groups is 2. The molecule has 194 valence electrons. The van der Waals surface area contributed by atoms with Crippen molar-refractivity contribution in [3.05, 3.63) is 94.8 Å². The van der Waals surface area contributed by atoms with Gasteiger partial charge in [-0.2, -0.15) is 4.31 Å². The van der Waals surface area contributed by atoms with Crippen LogP contribution in [0.25, 0.3) is 0 Å². The molecular formula is C27H26ClFN2O5S. The quantitative estimate of drug-likeness (QED) is 0.392. The third-order valence-corrected chi connectivity index (χ3v) is 8.41. The Bertz CT molecular complexity index is 1360. The summed E-state index contributed by atoms with van der Waals surface area (Å²) in [5.74, 6) is -2.01. The number of hydrogen-bond donors (Lipinski definition) is 1. The Labute approximate surface area is 220 Å². The van der Waals surface area contributed by atoms with E-state index >= 15 is 0 Å². The highest BCUT2D eigenvalue weighted by molar-refractivity contribution is 7.89. The van der Waals surface area contributed by atoms with Gasteiger partial charge in [0.25, 0.3) is 5.91 Å². The lowest BCUT2D eigenvalue weighted by Crippen LogP contribution is -2.32. The van der Waals surface area contributed by atoms with E-state index < -0.39 is 33.8 Å². The Morgan fingerprint density at radius 3 is 2.22 bits per heavy atom. The number of rotatable bonds is 7. The summed E-state index contributed by atoms with van der Waals surface area (Å²) in [6.07, 6.45) is 2.06. The van der Waals surface area contributed by atoms with Crippen LogP contribution in [0.3, 0.4) is 0 Å². The van der Waals surface area contributed by atoms with Gasteiger partial charge in [-0.3, -0.25) is 4.79 Å². The van der Waals surface area contributed by atoms with E-state index in [0.29, 0.717) is 24.3 Å². The van der Waals surface area contributed by atoms with Crippen LogP contribution in [0.5, 0.6) is 0 Å². The maximum atomic E-state index is 13.3. The van der Waals surface area contributed by atoms with E-state index in [1.54, 1.807) is 30.3 Å². The third-order valence-electron chi connectivity index (χ3n) is 6.03. The Morgan fingerprint density at radius 1 is 0.919 bits per heavy atom. The SMILES string of the molecule is O=C(O[C@@H](C(=O)Nc1ccc(F)cc1)c1ccccc1)c1ccc(Cl)c(S(=O)(=O)N2CCCCCC2)c1. The van der Waals surface area contributed by atoms with Gasteiger partial charge in [0.05, 0.1) is 10.6 Å². The van der Waals surface area contributed by atoms with E-state index in [-0.39, 0.29) is 15.5 Å². The number of halogens is 2. The van der Waals surface area contributed by atoms with E-state index in [1.165, 1.54) is 46.8 Å². The van der Waals surface area contributed by atoms with Gasteiger partial charge in [0.2, 0.25) is 16.1 Å². The zero-order chi connectivity index (χ0) is 26.4. The predicted octanol–water partition coefficient (Wildman–Crippen LogP) is 5.58. The molecule has 3 aromatic carbocycles. The lowest BCUT2D eigenvalue weighted by molar-refractivity contribution is -0.125. The van der Waals surface area contributed by atoms with Gasteiger partial charge >= 0.3 is 5.97 Å². The van der Waals surface area contributed by atoms with Crippen molar-refractivity contribution in [2.24, 2.45) is 0 Å². The number of carbonyl (C=O) groups excluding carboxylic acids is 2. The van der Waals surface area contributed by atoms with Crippen molar-refractivity contribution >= 4 is 39.2 Å². The largest absolute Gasteiger partial charge is 0.444 e. The number of benzene rings is 3. The molecule has 37 heavy (non-hydrogen) atoms. The van der Waals surface area contributed by atoms with Gasteiger partial charge in [0.15, 0.2) is 0 Å². The molecule has 1 fully saturated rings. The monoisotopic (exact) mass is 544 g/mol. The normalized spacial score (nSPS) is 15.4. The molecule has 1 aliphatic heterocycles. The van der Waals surface area contributed by atoms with Gasteiger partial charge in [-0.25, -0.2) is 17.6 Å². The molecule has 1 amide bonds. The first-order valence-electron chi connectivity index (χ1n) is 11.9. The molecule has 1 N–H and O–H groups in total. The number of nitrogens with one attached hydrogen (secondary N) is 1. The van der Waals surface area contributed by atoms with Gasteiger partial charge in [-0.05, 0) is 55.3 Å². The first-order chi connectivity index (χ1) is 17.8. The van der Waals surface area contributed by atoms with Crippen LogP contribution < -0.4 is 5.32 Å². The highest BCUT2D eigenvalue weighted by atomic mass is 35.5. The average Bonchev–Trinajstić information content (AvgIpc) is 3.19. The predicted molar refractivity (Wildman–Crippen MR) is 138 cm³/mol. The number of hydrogen-bond acceptors (Lipinski definition) is 5. The van der Waals surface area contributed by atoms with Crippen molar-refractivity contribution in [2.75, 3.05) is 18.4 Å². The molecule has 1 saturated heterocycles. The summed E-state index contributed by atoms with van der Waals surface area (Å²) in [5.41, 5.74) is 0.663. The van der Waals surface area contributed by atoms with Crippen LogP contribution in [0, 0.1) is 5.82 Å². The maximum Gasteiger partial charge on any atom is 0.339 e. The molecule has 0 unspecified atom stereocenters. The Balaban J connectivity index is 1.60. The minimum absolute atomic E-state index is 0.00513. The van der Waals surface area contributed by atoms with Crippen molar-refractivity contribution in [1.29, 1.82) is 0 Å². The lowest BCUT2D eigenvalue weighted by atomic mass is 10.1. The number of anilines is 1. The molecule has 10 heteroatoms. The van der Waals surface area contributed by atoms with Gasteiger partial charge in [0, 0.05) is 24.3 Å². The third kappa shape index (κ3) is 6.54. The van der Waals surface area contributed by atoms with Crippen LogP contribution in [0.2, 0.25) is 5.02 Å². The number of esters is 1. The van der Waals surface area contributed by atoms with Gasteiger partial charge in [0.1, 0.15) is 10.7 Å². The zero-order valence-corrected chi connectivity index (χ0v) is 21.5. The minimum Gasteiger partial charge on any atom is -0.444 e. The van der Waals surface area contributed by atoms with Crippen molar-refractivity contribution in [2.45, 2.75) is 36.7 Å². The van der Waals surface area contributed by atoms with Crippen LogP contribution >= 0.6 is 11.6 Å². The molecule has 1 heterocycles. The van der Waals surface area contributed by atoms with Crippen LogP contribution in [0.15, 0.2) is 77.7 Å². The molecule has 0 bridgehead atoms. The molecule has 0 saturated carbocycles. The van der Waals surface area contributed by atoms with E-state index in [4.69, 9.17) is 16.3 Å². The molecule has 0 aliphatic carbocycles. The Hall–Kier alpha value is -3.27. The average molecular weight is 545 g/mol. The molecule has 1 atom stereocenters. The highest BCUT2D eigenvalue weighted by Gasteiger charge is 2.30. The van der Waals surface area contributed by atoms with Crippen molar-refractivity contribution in [3.63, 3.8) is 0 Å². The standard InChI is InChI=1S/C27H26ClFN2O5S/c28-23-15-10-20(18-24(23)37(34,35)31-16-6-1-2-7-17-31)27(33)36-25(19-8-4-3-5-9-19)26(32)30-22-13-11-21(29)12-14-22/h3-5,8-15,18,25H,1-2,6-7,16-17H2,(H,30,32)/t25-/m1/s1. The molecule has 0 aromatic heterocycles. The van der Waals surface area contributed by atoms with Crippen LogP contribution in [-0.4, -0.2) is 37.7 Å². The fourth-order valence-electron chi connectivity index (χ4n) is 4.07. The molecule has 7 nitrogen and oxygen atoms in total. The van der Waals surface area contributed by atoms with Gasteiger partial charge in [-0.1, -0.05) is 54.8 Å². The van der Waals surface area contributed by atoms with Gasteiger partial charge in [-0.15, -0.1) is 0 Å². The number of nitrogens with zero attached hydrogens (tertiary/aromatic N) is 1.